The molecular formula is C12H20N2. The van der Waals surface area contributed by atoms with Gasteiger partial charge in [0.25, 0.3) is 0 Å². The molecule has 0 N–H and O–H groups in total. The maximum Gasteiger partial charge on any atom is 0.109 e. The van der Waals surface area contributed by atoms with Gasteiger partial charge in [-0.25, -0.2) is 4.99 Å². The van der Waals surface area contributed by atoms with Gasteiger partial charge in [0.15, 0.2) is 0 Å². The second-order valence-corrected chi connectivity index (χ2v) is 3.57. The van der Waals surface area contributed by atoms with Crippen molar-refractivity contribution >= 4 is 12.1 Å². The maximum absolute atomic E-state index is 4.09. The van der Waals surface area contributed by atoms with Crippen LogP contribution >= 0.6 is 0 Å². The molecule has 0 rings (SSSR count). The van der Waals surface area contributed by atoms with E-state index < -0.39 is 0 Å². The van der Waals surface area contributed by atoms with Crippen LogP contribution in [0.1, 0.15) is 27.7 Å². The third-order valence-electron chi connectivity index (χ3n) is 1.98. The highest BCUT2D eigenvalue weighted by atomic mass is 14.8. The first kappa shape index (κ1) is 12.8. The number of hydrogen-bond acceptors (Lipinski definition) is 1. The molecule has 0 aliphatic rings. The van der Waals surface area contributed by atoms with E-state index in [2.05, 4.69) is 36.8 Å². The minimum absolute atomic E-state index is 0.606. The molecular weight excluding hydrogens is 172 g/mol. The summed E-state index contributed by atoms with van der Waals surface area (Å²) in [6.07, 6.45) is 7.68. The Bertz CT molecular complexity index is 268. The molecule has 0 aromatic rings. The van der Waals surface area contributed by atoms with E-state index in [-0.39, 0.29) is 0 Å². The number of hydrogen-bond donors (Lipinski definition) is 0. The Hall–Kier alpha value is -1.18. The van der Waals surface area contributed by atoms with Gasteiger partial charge < -0.3 is 0 Å². The highest BCUT2D eigenvalue weighted by Gasteiger charge is 1.92. The SMILES string of the molecule is C\N=C/N=C(C)/C=C\C=C(/C)C(C)C. The summed E-state index contributed by atoms with van der Waals surface area (Å²) >= 11 is 0. The minimum atomic E-state index is 0.606. The molecule has 0 aromatic heterocycles. The number of nitrogens with zero attached hydrogens (tertiary/aromatic N) is 2. The van der Waals surface area contributed by atoms with E-state index >= 15 is 0 Å². The van der Waals surface area contributed by atoms with Crippen LogP contribution in [0, 0.1) is 5.92 Å². The van der Waals surface area contributed by atoms with Crippen LogP contribution in [0.2, 0.25) is 0 Å². The molecule has 0 bridgehead atoms. The Morgan fingerprint density at radius 1 is 1.21 bits per heavy atom. The van der Waals surface area contributed by atoms with Gasteiger partial charge in [-0.3, -0.25) is 4.99 Å². The van der Waals surface area contributed by atoms with Crippen LogP contribution in [0.25, 0.3) is 0 Å². The van der Waals surface area contributed by atoms with Crippen LogP contribution in [0.15, 0.2) is 33.8 Å². The summed E-state index contributed by atoms with van der Waals surface area (Å²) in [6.45, 7) is 8.46. The van der Waals surface area contributed by atoms with Gasteiger partial charge in [0.2, 0.25) is 0 Å². The quantitative estimate of drug-likeness (QED) is 0.371. The molecule has 0 atom stereocenters. The fourth-order valence-corrected chi connectivity index (χ4v) is 0.723. The van der Waals surface area contributed by atoms with Crippen molar-refractivity contribution in [1.82, 2.24) is 0 Å². The van der Waals surface area contributed by atoms with Gasteiger partial charge in [-0.05, 0) is 25.8 Å². The monoisotopic (exact) mass is 192 g/mol. The van der Waals surface area contributed by atoms with Crippen LogP contribution < -0.4 is 0 Å². The van der Waals surface area contributed by atoms with Crippen molar-refractivity contribution in [2.24, 2.45) is 15.9 Å². The average molecular weight is 192 g/mol. The van der Waals surface area contributed by atoms with Gasteiger partial charge in [-0.15, -0.1) is 0 Å². The van der Waals surface area contributed by atoms with Crippen LogP contribution in [0.5, 0.6) is 0 Å². The fraction of sp³-hybridized carbons (Fsp3) is 0.500. The van der Waals surface area contributed by atoms with Crippen LogP contribution in [0.4, 0.5) is 0 Å². The molecule has 0 saturated heterocycles. The van der Waals surface area contributed by atoms with E-state index in [0.717, 1.165) is 5.71 Å². The highest BCUT2D eigenvalue weighted by molar-refractivity contribution is 5.97. The lowest BCUT2D eigenvalue weighted by Gasteiger charge is -2.01. The minimum Gasteiger partial charge on any atom is -0.277 e. The molecule has 0 fully saturated rings. The molecule has 0 unspecified atom stereocenters. The Morgan fingerprint density at radius 2 is 1.86 bits per heavy atom. The first-order chi connectivity index (χ1) is 6.57. The summed E-state index contributed by atoms with van der Waals surface area (Å²) in [6, 6.07) is 0. The van der Waals surface area contributed by atoms with Gasteiger partial charge in [-0.2, -0.15) is 0 Å². The molecule has 78 valence electrons. The molecule has 0 aromatic carbocycles. The highest BCUT2D eigenvalue weighted by Crippen LogP contribution is 2.07. The van der Waals surface area contributed by atoms with Gasteiger partial charge >= 0.3 is 0 Å². The van der Waals surface area contributed by atoms with E-state index in [1.807, 2.05) is 19.1 Å². The number of allylic oxidation sites excluding steroid dienone is 4. The van der Waals surface area contributed by atoms with Crippen molar-refractivity contribution in [1.29, 1.82) is 0 Å². The maximum atomic E-state index is 4.09. The molecule has 0 heterocycles. The smallest absolute Gasteiger partial charge is 0.109 e. The van der Waals surface area contributed by atoms with Gasteiger partial charge in [0.1, 0.15) is 6.34 Å². The fourth-order valence-electron chi connectivity index (χ4n) is 0.723. The topological polar surface area (TPSA) is 24.7 Å². The van der Waals surface area contributed by atoms with Crippen molar-refractivity contribution < 1.29 is 0 Å². The van der Waals surface area contributed by atoms with Crippen molar-refractivity contribution in [3.05, 3.63) is 23.8 Å². The average Bonchev–Trinajstić information content (AvgIpc) is 2.14. The second-order valence-electron chi connectivity index (χ2n) is 3.57. The predicted molar refractivity (Wildman–Crippen MR) is 65.3 cm³/mol. The van der Waals surface area contributed by atoms with E-state index in [9.17, 15) is 0 Å². The van der Waals surface area contributed by atoms with Gasteiger partial charge in [0.05, 0.1) is 0 Å². The Balaban J connectivity index is 4.25. The molecule has 0 amide bonds. The molecule has 0 aliphatic carbocycles. The summed E-state index contributed by atoms with van der Waals surface area (Å²) in [5, 5.41) is 0. The standard InChI is InChI=1S/C12H20N2/c1-10(2)11(3)7-6-8-12(4)14-9-13-5/h6-10H,1-5H3/b8-6-,11-7+,13-9-,14-12+. The Kier molecular flexibility index (Phi) is 6.63. The van der Waals surface area contributed by atoms with Crippen LogP contribution in [-0.4, -0.2) is 19.1 Å². The molecule has 0 aliphatic heterocycles. The zero-order valence-corrected chi connectivity index (χ0v) is 9.78. The lowest BCUT2D eigenvalue weighted by Crippen LogP contribution is -1.88. The summed E-state index contributed by atoms with van der Waals surface area (Å²) < 4.78 is 0. The summed E-state index contributed by atoms with van der Waals surface area (Å²) in [5.74, 6) is 0.606. The third-order valence-corrected chi connectivity index (χ3v) is 1.98. The third kappa shape index (κ3) is 6.35. The summed E-state index contributed by atoms with van der Waals surface area (Å²) in [4.78, 5) is 7.88. The van der Waals surface area contributed by atoms with Gasteiger partial charge in [0, 0.05) is 12.8 Å². The second kappa shape index (κ2) is 7.25. The zero-order chi connectivity index (χ0) is 11.0. The molecule has 0 radical (unpaired) electrons. The van der Waals surface area contributed by atoms with Crippen molar-refractivity contribution in [2.45, 2.75) is 27.7 Å². The molecule has 0 spiro atoms. The van der Waals surface area contributed by atoms with Crippen molar-refractivity contribution in [3.8, 4) is 0 Å². The van der Waals surface area contributed by atoms with Gasteiger partial charge in [-0.1, -0.05) is 31.6 Å². The molecule has 2 heteroatoms. The largest absolute Gasteiger partial charge is 0.277 e. The Morgan fingerprint density at radius 3 is 2.36 bits per heavy atom. The first-order valence-corrected chi connectivity index (χ1v) is 4.87. The van der Waals surface area contributed by atoms with E-state index in [1.54, 1.807) is 13.4 Å². The molecule has 14 heavy (non-hydrogen) atoms. The summed E-state index contributed by atoms with van der Waals surface area (Å²) in [5.41, 5.74) is 2.33. The lowest BCUT2D eigenvalue weighted by atomic mass is 10.1. The number of aliphatic imine (C=N–C) groups is 2. The first-order valence-electron chi connectivity index (χ1n) is 4.87. The lowest BCUT2D eigenvalue weighted by molar-refractivity contribution is 0.769. The number of rotatable bonds is 4. The van der Waals surface area contributed by atoms with E-state index in [4.69, 9.17) is 0 Å². The van der Waals surface area contributed by atoms with E-state index in [1.165, 1.54) is 5.57 Å². The Labute approximate surface area is 87.2 Å². The molecule has 2 nitrogen and oxygen atoms in total. The van der Waals surface area contributed by atoms with Crippen molar-refractivity contribution in [3.63, 3.8) is 0 Å². The zero-order valence-electron chi connectivity index (χ0n) is 9.78. The van der Waals surface area contributed by atoms with E-state index in [0.29, 0.717) is 5.92 Å². The van der Waals surface area contributed by atoms with Crippen LogP contribution in [0.3, 0.4) is 0 Å². The predicted octanol–water partition coefficient (Wildman–Crippen LogP) is 3.26. The van der Waals surface area contributed by atoms with Crippen LogP contribution in [-0.2, 0) is 0 Å². The normalized spacial score (nSPS) is 15.0. The molecule has 0 saturated carbocycles. The van der Waals surface area contributed by atoms with Crippen molar-refractivity contribution in [2.75, 3.05) is 7.05 Å². The summed E-state index contributed by atoms with van der Waals surface area (Å²) in [7, 11) is 1.71.